The van der Waals surface area contributed by atoms with Crippen molar-refractivity contribution in [2.24, 2.45) is 0 Å². The van der Waals surface area contributed by atoms with Crippen molar-refractivity contribution in [1.82, 2.24) is 15.0 Å². The second-order valence-electron chi connectivity index (χ2n) is 4.54. The van der Waals surface area contributed by atoms with E-state index in [0.717, 1.165) is 6.54 Å². The van der Waals surface area contributed by atoms with Crippen LogP contribution in [0.15, 0.2) is 0 Å². The highest BCUT2D eigenvalue weighted by molar-refractivity contribution is 8.00. The summed E-state index contributed by atoms with van der Waals surface area (Å²) in [7, 11) is 1.78. The molecular weight excluding hydrogens is 262 g/mol. The predicted molar refractivity (Wildman–Crippen MR) is 79.1 cm³/mol. The highest BCUT2D eigenvalue weighted by Crippen LogP contribution is 2.42. The minimum atomic E-state index is 0.345. The van der Waals surface area contributed by atoms with E-state index in [4.69, 9.17) is 4.74 Å². The predicted octanol–water partition coefficient (Wildman–Crippen LogP) is 2.01. The highest BCUT2D eigenvalue weighted by atomic mass is 32.2. The Morgan fingerprint density at radius 3 is 2.53 bits per heavy atom. The molecule has 0 bridgehead atoms. The minimum absolute atomic E-state index is 0.345. The lowest BCUT2D eigenvalue weighted by Crippen LogP contribution is -2.40. The summed E-state index contributed by atoms with van der Waals surface area (Å²) >= 11 is 1.92. The molecule has 6 nitrogen and oxygen atoms in total. The first kappa shape index (κ1) is 14.2. The Labute approximate surface area is 118 Å². The molecule has 1 saturated carbocycles. The Balaban J connectivity index is 2.04. The van der Waals surface area contributed by atoms with Crippen LogP contribution in [0.1, 0.15) is 26.2 Å². The van der Waals surface area contributed by atoms with Crippen LogP contribution >= 0.6 is 11.8 Å². The summed E-state index contributed by atoms with van der Waals surface area (Å²) in [4.78, 5) is 12.7. The van der Waals surface area contributed by atoms with Crippen molar-refractivity contribution in [3.8, 4) is 6.01 Å². The van der Waals surface area contributed by atoms with E-state index in [1.54, 1.807) is 7.05 Å². The fourth-order valence-electron chi connectivity index (χ4n) is 2.01. The maximum Gasteiger partial charge on any atom is 0.323 e. The van der Waals surface area contributed by atoms with E-state index < -0.39 is 0 Å². The smallest absolute Gasteiger partial charge is 0.323 e. The van der Waals surface area contributed by atoms with Crippen LogP contribution in [0.25, 0.3) is 0 Å². The molecule has 0 spiro atoms. The number of hydrogen-bond acceptors (Lipinski definition) is 7. The van der Waals surface area contributed by atoms with E-state index in [0.29, 0.717) is 29.3 Å². The first-order chi connectivity index (χ1) is 9.21. The van der Waals surface area contributed by atoms with Gasteiger partial charge in [0.05, 0.1) is 6.61 Å². The lowest BCUT2D eigenvalue weighted by Gasteiger charge is -2.40. The van der Waals surface area contributed by atoms with Gasteiger partial charge in [0.25, 0.3) is 0 Å². The second kappa shape index (κ2) is 6.27. The van der Waals surface area contributed by atoms with Gasteiger partial charge in [-0.1, -0.05) is 6.42 Å². The van der Waals surface area contributed by atoms with Gasteiger partial charge in [0.15, 0.2) is 0 Å². The number of nitrogens with zero attached hydrogens (tertiary/aromatic N) is 3. The van der Waals surface area contributed by atoms with Crippen molar-refractivity contribution < 1.29 is 4.74 Å². The first-order valence-corrected chi connectivity index (χ1v) is 7.79. The van der Waals surface area contributed by atoms with Crippen LogP contribution in [0.4, 0.5) is 11.9 Å². The van der Waals surface area contributed by atoms with E-state index >= 15 is 0 Å². The number of ether oxygens (including phenoxy) is 1. The normalized spacial score (nSPS) is 16.6. The second-order valence-corrected chi connectivity index (χ2v) is 5.82. The van der Waals surface area contributed by atoms with Crippen molar-refractivity contribution in [2.45, 2.75) is 30.9 Å². The zero-order valence-corrected chi connectivity index (χ0v) is 12.5. The fraction of sp³-hybridized carbons (Fsp3) is 0.750. The van der Waals surface area contributed by atoms with Crippen LogP contribution in [0, 0.1) is 0 Å². The third-order valence-corrected chi connectivity index (χ3v) is 4.80. The molecule has 1 fully saturated rings. The third-order valence-electron chi connectivity index (χ3n) is 3.38. The molecule has 2 rings (SSSR count). The highest BCUT2D eigenvalue weighted by Gasteiger charge is 2.36. The van der Waals surface area contributed by atoms with Gasteiger partial charge in [-0.2, -0.15) is 26.7 Å². The fourth-order valence-corrected chi connectivity index (χ4v) is 2.92. The maximum atomic E-state index is 5.34. The van der Waals surface area contributed by atoms with E-state index in [1.165, 1.54) is 19.3 Å². The topological polar surface area (TPSA) is 72.0 Å². The molecule has 106 valence electrons. The number of anilines is 2. The van der Waals surface area contributed by atoms with E-state index in [1.807, 2.05) is 18.7 Å². The lowest BCUT2D eigenvalue weighted by molar-refractivity contribution is 0.312. The van der Waals surface area contributed by atoms with Gasteiger partial charge < -0.3 is 15.4 Å². The Bertz CT molecular complexity index is 419. The monoisotopic (exact) mass is 283 g/mol. The number of nitrogens with one attached hydrogen (secondary N) is 2. The Morgan fingerprint density at radius 2 is 2.00 bits per heavy atom. The number of thioether (sulfide) groups is 1. The Kier molecular flexibility index (Phi) is 4.68. The van der Waals surface area contributed by atoms with Crippen LogP contribution in [-0.4, -0.2) is 46.2 Å². The summed E-state index contributed by atoms with van der Waals surface area (Å²) in [6.07, 6.45) is 5.98. The van der Waals surface area contributed by atoms with Crippen molar-refractivity contribution in [3.05, 3.63) is 0 Å². The van der Waals surface area contributed by atoms with Crippen molar-refractivity contribution in [1.29, 1.82) is 0 Å². The molecule has 0 aromatic carbocycles. The molecule has 0 aliphatic heterocycles. The average Bonchev–Trinajstić information content (AvgIpc) is 2.38. The van der Waals surface area contributed by atoms with Crippen molar-refractivity contribution >= 4 is 23.7 Å². The van der Waals surface area contributed by atoms with E-state index in [-0.39, 0.29) is 0 Å². The van der Waals surface area contributed by atoms with Gasteiger partial charge in [0.1, 0.15) is 0 Å². The molecule has 1 aliphatic carbocycles. The summed E-state index contributed by atoms with van der Waals surface area (Å²) < 4.78 is 5.69. The SMILES string of the molecule is CCOc1nc(NC)nc(NCC2(SC)CCC2)n1. The van der Waals surface area contributed by atoms with Gasteiger partial charge >= 0.3 is 6.01 Å². The molecule has 1 heterocycles. The largest absolute Gasteiger partial charge is 0.464 e. The Hall–Kier alpha value is -1.24. The molecule has 0 amide bonds. The standard InChI is InChI=1S/C12H21N5OS/c1-4-18-11-16-9(13-2)15-10(17-11)14-8-12(19-3)6-5-7-12/h4-8H2,1-3H3,(H2,13,14,15,16,17). The molecule has 2 N–H and O–H groups in total. The van der Waals surface area contributed by atoms with Crippen molar-refractivity contribution in [2.75, 3.05) is 37.1 Å². The quantitative estimate of drug-likeness (QED) is 0.793. The number of hydrogen-bond donors (Lipinski definition) is 2. The van der Waals surface area contributed by atoms with Crippen LogP contribution in [-0.2, 0) is 0 Å². The molecule has 0 radical (unpaired) electrons. The van der Waals surface area contributed by atoms with Crippen LogP contribution in [0.5, 0.6) is 6.01 Å². The number of rotatable bonds is 7. The summed E-state index contributed by atoms with van der Waals surface area (Å²) in [5, 5.41) is 6.23. The number of aromatic nitrogens is 3. The zero-order chi connectivity index (χ0) is 13.7. The summed E-state index contributed by atoms with van der Waals surface area (Å²) in [5.74, 6) is 1.09. The third kappa shape index (κ3) is 3.40. The lowest BCUT2D eigenvalue weighted by atomic mass is 9.84. The van der Waals surface area contributed by atoms with Gasteiger partial charge in [-0.05, 0) is 26.0 Å². The first-order valence-electron chi connectivity index (χ1n) is 6.57. The minimum Gasteiger partial charge on any atom is -0.464 e. The molecular formula is C12H21N5OS. The van der Waals surface area contributed by atoms with Crippen LogP contribution < -0.4 is 15.4 Å². The van der Waals surface area contributed by atoms with E-state index in [9.17, 15) is 0 Å². The molecule has 19 heavy (non-hydrogen) atoms. The molecule has 1 aromatic heterocycles. The van der Waals surface area contributed by atoms with Gasteiger partial charge in [-0.3, -0.25) is 0 Å². The van der Waals surface area contributed by atoms with Gasteiger partial charge in [0, 0.05) is 18.3 Å². The molecule has 0 atom stereocenters. The van der Waals surface area contributed by atoms with Gasteiger partial charge in [-0.15, -0.1) is 0 Å². The van der Waals surface area contributed by atoms with Gasteiger partial charge in [0.2, 0.25) is 11.9 Å². The average molecular weight is 283 g/mol. The summed E-state index contributed by atoms with van der Waals surface area (Å²) in [5.41, 5.74) is 0. The molecule has 7 heteroatoms. The molecule has 0 saturated heterocycles. The molecule has 1 aliphatic rings. The van der Waals surface area contributed by atoms with Crippen molar-refractivity contribution in [3.63, 3.8) is 0 Å². The van der Waals surface area contributed by atoms with Gasteiger partial charge in [-0.25, -0.2) is 0 Å². The maximum absolute atomic E-state index is 5.34. The Morgan fingerprint density at radius 1 is 1.26 bits per heavy atom. The van der Waals surface area contributed by atoms with E-state index in [2.05, 4.69) is 31.8 Å². The zero-order valence-electron chi connectivity index (χ0n) is 11.7. The molecule has 1 aromatic rings. The summed E-state index contributed by atoms with van der Waals surface area (Å²) in [6, 6.07) is 0.358. The van der Waals surface area contributed by atoms with Crippen LogP contribution in [0.3, 0.4) is 0 Å². The summed E-state index contributed by atoms with van der Waals surface area (Å²) in [6.45, 7) is 3.33. The van der Waals surface area contributed by atoms with Crippen LogP contribution in [0.2, 0.25) is 0 Å². The molecule has 0 unspecified atom stereocenters.